The van der Waals surface area contributed by atoms with Crippen molar-refractivity contribution >= 4 is 34.0 Å². The van der Waals surface area contributed by atoms with E-state index in [1.54, 1.807) is 12.1 Å². The molecule has 0 saturated heterocycles. The van der Waals surface area contributed by atoms with Gasteiger partial charge in [0.05, 0.1) is 10.0 Å². The minimum atomic E-state index is -0.709. The largest absolute Gasteiger partial charge is 0.384 e. The molecule has 1 nitrogen and oxygen atoms in total. The number of hydrogen-bond donors (Lipinski definition) is 1. The predicted molar refractivity (Wildman–Crippen MR) is 91.9 cm³/mol. The van der Waals surface area contributed by atoms with Gasteiger partial charge in [-0.2, -0.15) is 0 Å². The topological polar surface area (TPSA) is 20.2 Å². The Bertz CT molecular complexity index is 876. The lowest BCUT2D eigenvalue weighted by Crippen LogP contribution is -2.01. The minimum absolute atomic E-state index is 0.462. The van der Waals surface area contributed by atoms with E-state index in [0.717, 1.165) is 29.4 Å². The van der Waals surface area contributed by atoms with Crippen LogP contribution in [0.4, 0.5) is 0 Å². The summed E-state index contributed by atoms with van der Waals surface area (Å²) < 4.78 is 0. The van der Waals surface area contributed by atoms with Crippen molar-refractivity contribution in [3.8, 4) is 0 Å². The first kappa shape index (κ1) is 14.1. The number of rotatable bonds is 2. The molecule has 1 N–H and O–H groups in total. The Hall–Kier alpha value is -1.54. The van der Waals surface area contributed by atoms with Crippen molar-refractivity contribution in [3.05, 3.63) is 80.8 Å². The Morgan fingerprint density at radius 1 is 0.864 bits per heavy atom. The summed E-state index contributed by atoms with van der Waals surface area (Å²) in [5, 5.41) is 14.2. The molecule has 22 heavy (non-hydrogen) atoms. The second kappa shape index (κ2) is 5.27. The van der Waals surface area contributed by atoms with Crippen molar-refractivity contribution in [1.82, 2.24) is 0 Å². The quantitative estimate of drug-likeness (QED) is 0.674. The lowest BCUT2D eigenvalue weighted by atomic mass is 9.93. The van der Waals surface area contributed by atoms with Gasteiger partial charge in [0.25, 0.3) is 0 Å². The molecular formula is C19H14Cl2O. The van der Waals surface area contributed by atoms with Gasteiger partial charge in [0.2, 0.25) is 0 Å². The molecular weight excluding hydrogens is 315 g/mol. The van der Waals surface area contributed by atoms with Crippen molar-refractivity contribution in [2.75, 3.05) is 0 Å². The average Bonchev–Trinajstić information content (AvgIpc) is 2.95. The third kappa shape index (κ3) is 2.13. The molecule has 0 saturated carbocycles. The summed E-state index contributed by atoms with van der Waals surface area (Å²) in [5.74, 6) is 0. The molecule has 0 aromatic heterocycles. The minimum Gasteiger partial charge on any atom is -0.384 e. The standard InChI is InChI=1S/C19H14Cl2O/c20-16-9-7-13(10-17(16)21)19(22)15-8-6-12-5-4-11-2-1-3-14(15)18(11)12/h1-3,6-10,19,22H,4-5H2/t19-/m1/s1. The maximum Gasteiger partial charge on any atom is 0.105 e. The molecule has 0 aliphatic heterocycles. The van der Waals surface area contributed by atoms with E-state index in [4.69, 9.17) is 23.2 Å². The van der Waals surface area contributed by atoms with Crippen LogP contribution in [0, 0.1) is 0 Å². The van der Waals surface area contributed by atoms with Gasteiger partial charge >= 0.3 is 0 Å². The van der Waals surface area contributed by atoms with Gasteiger partial charge < -0.3 is 5.11 Å². The van der Waals surface area contributed by atoms with Crippen LogP contribution in [-0.4, -0.2) is 5.11 Å². The van der Waals surface area contributed by atoms with Gasteiger partial charge in [0.1, 0.15) is 6.10 Å². The zero-order valence-electron chi connectivity index (χ0n) is 11.8. The van der Waals surface area contributed by atoms with E-state index in [0.29, 0.717) is 10.0 Å². The smallest absolute Gasteiger partial charge is 0.105 e. The summed E-state index contributed by atoms with van der Waals surface area (Å²) in [6.07, 6.45) is 1.46. The van der Waals surface area contributed by atoms with E-state index < -0.39 is 6.10 Å². The Balaban J connectivity index is 1.89. The van der Waals surface area contributed by atoms with Crippen LogP contribution in [0.3, 0.4) is 0 Å². The highest BCUT2D eigenvalue weighted by Gasteiger charge is 2.20. The second-order valence-electron chi connectivity index (χ2n) is 5.73. The fourth-order valence-electron chi connectivity index (χ4n) is 3.37. The Morgan fingerprint density at radius 3 is 2.41 bits per heavy atom. The van der Waals surface area contributed by atoms with Crippen LogP contribution in [0.2, 0.25) is 10.0 Å². The normalized spacial score (nSPS) is 14.5. The van der Waals surface area contributed by atoms with E-state index in [9.17, 15) is 5.11 Å². The molecule has 3 aromatic carbocycles. The molecule has 1 atom stereocenters. The molecule has 0 spiro atoms. The zero-order chi connectivity index (χ0) is 15.3. The summed E-state index contributed by atoms with van der Waals surface area (Å²) in [4.78, 5) is 0. The number of hydrogen-bond acceptors (Lipinski definition) is 1. The van der Waals surface area contributed by atoms with Crippen LogP contribution in [-0.2, 0) is 12.8 Å². The van der Waals surface area contributed by atoms with Crippen molar-refractivity contribution < 1.29 is 5.11 Å². The number of halogens is 2. The SMILES string of the molecule is O[C@H](c1ccc(Cl)c(Cl)c1)c1ccc2c3c(cccc13)CC2. The highest BCUT2D eigenvalue weighted by molar-refractivity contribution is 6.42. The van der Waals surface area contributed by atoms with Crippen LogP contribution in [0.5, 0.6) is 0 Å². The van der Waals surface area contributed by atoms with Gasteiger partial charge in [-0.15, -0.1) is 0 Å². The summed E-state index contributed by atoms with van der Waals surface area (Å²) in [6, 6.07) is 15.8. The van der Waals surface area contributed by atoms with Crippen LogP contribution in [0.1, 0.15) is 28.4 Å². The molecule has 0 amide bonds. The summed E-state index contributed by atoms with van der Waals surface area (Å²) in [6.45, 7) is 0. The lowest BCUT2D eigenvalue weighted by molar-refractivity contribution is 0.222. The van der Waals surface area contributed by atoms with Gasteiger partial charge in [-0.25, -0.2) is 0 Å². The summed E-state index contributed by atoms with van der Waals surface area (Å²) >= 11 is 12.0. The zero-order valence-corrected chi connectivity index (χ0v) is 13.3. The fourth-order valence-corrected chi connectivity index (χ4v) is 3.68. The van der Waals surface area contributed by atoms with E-state index in [2.05, 4.69) is 24.3 Å². The first-order chi connectivity index (χ1) is 10.6. The molecule has 110 valence electrons. The molecule has 3 heteroatoms. The summed E-state index contributed by atoms with van der Waals surface area (Å²) in [7, 11) is 0. The number of aliphatic hydroxyl groups is 1. The van der Waals surface area contributed by atoms with Crippen LogP contribution in [0.15, 0.2) is 48.5 Å². The van der Waals surface area contributed by atoms with E-state index in [1.807, 2.05) is 12.1 Å². The Labute approximate surface area is 139 Å². The molecule has 0 bridgehead atoms. The van der Waals surface area contributed by atoms with Crippen LogP contribution >= 0.6 is 23.2 Å². The Morgan fingerprint density at radius 2 is 1.64 bits per heavy atom. The van der Waals surface area contributed by atoms with Crippen molar-refractivity contribution in [2.45, 2.75) is 18.9 Å². The predicted octanol–water partition coefficient (Wildman–Crippen LogP) is 5.33. The average molecular weight is 329 g/mol. The highest BCUT2D eigenvalue weighted by Crippen LogP contribution is 2.37. The maximum atomic E-state index is 10.8. The third-order valence-corrected chi connectivity index (χ3v) is 5.20. The summed E-state index contributed by atoms with van der Waals surface area (Å²) in [5.41, 5.74) is 4.42. The van der Waals surface area contributed by atoms with Crippen molar-refractivity contribution in [1.29, 1.82) is 0 Å². The third-order valence-electron chi connectivity index (χ3n) is 4.46. The van der Waals surface area contributed by atoms with Gasteiger partial charge in [0.15, 0.2) is 0 Å². The maximum absolute atomic E-state index is 10.8. The van der Waals surface area contributed by atoms with Crippen molar-refractivity contribution in [2.24, 2.45) is 0 Å². The number of aryl methyl sites for hydroxylation is 2. The Kier molecular flexibility index (Phi) is 3.37. The fraction of sp³-hybridized carbons (Fsp3) is 0.158. The molecule has 0 heterocycles. The first-order valence-corrected chi connectivity index (χ1v) is 8.07. The van der Waals surface area contributed by atoms with Gasteiger partial charge in [-0.05, 0) is 58.0 Å². The van der Waals surface area contributed by atoms with Crippen LogP contribution in [0.25, 0.3) is 10.8 Å². The highest BCUT2D eigenvalue weighted by atomic mass is 35.5. The van der Waals surface area contributed by atoms with E-state index in [1.165, 1.54) is 16.5 Å². The molecule has 0 fully saturated rings. The van der Waals surface area contributed by atoms with E-state index in [-0.39, 0.29) is 0 Å². The van der Waals surface area contributed by atoms with Gasteiger partial charge in [-0.3, -0.25) is 0 Å². The second-order valence-corrected chi connectivity index (χ2v) is 6.54. The molecule has 0 unspecified atom stereocenters. The molecule has 1 aliphatic carbocycles. The van der Waals surface area contributed by atoms with Gasteiger partial charge in [0, 0.05) is 0 Å². The molecule has 4 rings (SSSR count). The number of benzene rings is 3. The molecule has 0 radical (unpaired) electrons. The lowest BCUT2D eigenvalue weighted by Gasteiger charge is -2.16. The van der Waals surface area contributed by atoms with E-state index >= 15 is 0 Å². The first-order valence-electron chi connectivity index (χ1n) is 7.31. The molecule has 1 aliphatic rings. The number of aliphatic hydroxyl groups excluding tert-OH is 1. The van der Waals surface area contributed by atoms with Crippen LogP contribution < -0.4 is 0 Å². The molecule has 3 aromatic rings. The van der Waals surface area contributed by atoms with Gasteiger partial charge in [-0.1, -0.05) is 59.6 Å². The monoisotopic (exact) mass is 328 g/mol. The van der Waals surface area contributed by atoms with Crippen molar-refractivity contribution in [3.63, 3.8) is 0 Å².